The highest BCUT2D eigenvalue weighted by Gasteiger charge is 2.62. The molecule has 5 fully saturated rings. The molecule has 6 aliphatic rings. The van der Waals surface area contributed by atoms with Gasteiger partial charge in [0, 0.05) is 34.2 Å². The van der Waals surface area contributed by atoms with Crippen LogP contribution >= 0.6 is 11.6 Å². The Morgan fingerprint density at radius 1 is 1.03 bits per heavy atom. The third kappa shape index (κ3) is 8.62. The highest BCUT2D eigenvalue weighted by molar-refractivity contribution is 7.91. The summed E-state index contributed by atoms with van der Waals surface area (Å²) in [5, 5.41) is 6.94. The fourth-order valence-electron chi connectivity index (χ4n) is 9.28. The lowest BCUT2D eigenvalue weighted by Gasteiger charge is -2.33. The summed E-state index contributed by atoms with van der Waals surface area (Å²) in [6.07, 6.45) is 9.03. The van der Waals surface area contributed by atoms with E-state index in [1.54, 1.807) is 18.2 Å². The SMILES string of the molecule is CCCOc1cc2c(Cl)cccc2c(O[C@@H]2C[C@H]3C(=O)N[C@]4(C(=O)NS(=O)(=O)C5CC5)C[C@H]4/C=C\CC[C@H](C)C[C@@H](C)[C@H](NC(=O)OC4C[C@@H]5C[C@@H]5C4)C(=O)N3C2)n1. The van der Waals surface area contributed by atoms with Crippen molar-refractivity contribution in [1.82, 2.24) is 25.2 Å². The number of fused-ring (bicyclic) bond motifs is 4. The number of ether oxygens (including phenoxy) is 3. The van der Waals surface area contributed by atoms with E-state index in [9.17, 15) is 27.6 Å². The van der Waals surface area contributed by atoms with Gasteiger partial charge in [0.15, 0.2) is 0 Å². The number of pyridine rings is 1. The number of alkyl carbamates (subject to hydrolysis) is 1. The van der Waals surface area contributed by atoms with E-state index in [2.05, 4.69) is 27.3 Å². The zero-order valence-corrected chi connectivity index (χ0v) is 34.9. The number of aromatic nitrogens is 1. The molecule has 1 saturated heterocycles. The van der Waals surface area contributed by atoms with Gasteiger partial charge in [0.1, 0.15) is 29.8 Å². The molecule has 10 atom stereocenters. The van der Waals surface area contributed by atoms with Gasteiger partial charge in [0.05, 0.1) is 18.4 Å². The molecule has 0 spiro atoms. The Morgan fingerprint density at radius 2 is 1.81 bits per heavy atom. The van der Waals surface area contributed by atoms with Crippen LogP contribution in [0.3, 0.4) is 0 Å². The lowest BCUT2D eigenvalue weighted by molar-refractivity contribution is -0.142. The van der Waals surface area contributed by atoms with Gasteiger partial charge in [0.25, 0.3) is 5.91 Å². The van der Waals surface area contributed by atoms with Crippen LogP contribution in [0, 0.1) is 29.6 Å². The fraction of sp³-hybridized carbons (Fsp3) is 0.643. The first kappa shape index (κ1) is 40.7. The molecule has 58 heavy (non-hydrogen) atoms. The second-order valence-electron chi connectivity index (χ2n) is 17.6. The van der Waals surface area contributed by atoms with Crippen molar-refractivity contribution >= 4 is 56.2 Å². The molecule has 4 saturated carbocycles. The van der Waals surface area contributed by atoms with Crippen LogP contribution in [0.25, 0.3) is 10.8 Å². The summed E-state index contributed by atoms with van der Waals surface area (Å²) in [4.78, 5) is 63.0. The number of carbonyl (C=O) groups is 4. The number of nitrogens with one attached hydrogen (secondary N) is 3. The van der Waals surface area contributed by atoms with Crippen LogP contribution in [0.2, 0.25) is 5.02 Å². The topological polar surface area (TPSA) is 182 Å². The van der Waals surface area contributed by atoms with Gasteiger partial charge in [0.2, 0.25) is 33.6 Å². The molecule has 0 radical (unpaired) electrons. The zero-order valence-electron chi connectivity index (χ0n) is 33.3. The van der Waals surface area contributed by atoms with E-state index >= 15 is 0 Å². The van der Waals surface area contributed by atoms with Crippen LogP contribution in [-0.2, 0) is 29.1 Å². The lowest BCUT2D eigenvalue weighted by atomic mass is 9.88. The van der Waals surface area contributed by atoms with Crippen molar-refractivity contribution in [3.8, 4) is 11.8 Å². The maximum Gasteiger partial charge on any atom is 0.408 e. The minimum absolute atomic E-state index is 0.0206. The number of carbonyl (C=O) groups excluding carboxylic acids is 4. The molecule has 1 aromatic heterocycles. The van der Waals surface area contributed by atoms with Gasteiger partial charge < -0.3 is 29.7 Å². The Balaban J connectivity index is 1.11. The minimum atomic E-state index is -3.91. The Bertz CT molecular complexity index is 2090. The normalized spacial score (nSPS) is 34.0. The van der Waals surface area contributed by atoms with E-state index in [1.165, 1.54) is 11.3 Å². The molecule has 2 aromatic rings. The molecule has 3 N–H and O–H groups in total. The largest absolute Gasteiger partial charge is 0.478 e. The summed E-state index contributed by atoms with van der Waals surface area (Å²) in [5.74, 6) is -0.788. The molecule has 1 unspecified atom stereocenters. The van der Waals surface area contributed by atoms with Gasteiger partial charge in [-0.3, -0.25) is 19.1 Å². The Hall–Kier alpha value is -4.11. The van der Waals surface area contributed by atoms with Crippen molar-refractivity contribution in [3.05, 3.63) is 41.4 Å². The van der Waals surface area contributed by atoms with E-state index in [1.807, 2.05) is 32.1 Å². The van der Waals surface area contributed by atoms with Crippen LogP contribution in [0.4, 0.5) is 4.79 Å². The lowest BCUT2D eigenvalue weighted by Crippen LogP contribution is -2.59. The number of rotatable bonds is 10. The number of nitrogens with zero attached hydrogens (tertiary/aromatic N) is 2. The van der Waals surface area contributed by atoms with Crippen LogP contribution < -0.4 is 24.8 Å². The third-order valence-corrected chi connectivity index (χ3v) is 15.0. The second-order valence-corrected chi connectivity index (χ2v) is 19.9. The number of amides is 4. The first-order valence-electron chi connectivity index (χ1n) is 21.0. The zero-order chi connectivity index (χ0) is 40.9. The molecule has 16 heteroatoms. The molecule has 0 bridgehead atoms. The summed E-state index contributed by atoms with van der Waals surface area (Å²) >= 11 is 6.61. The molecular formula is C42H54ClN5O9S. The summed E-state index contributed by atoms with van der Waals surface area (Å²) in [6, 6.07) is 4.93. The number of halogens is 1. The number of hydrogen-bond donors (Lipinski definition) is 3. The van der Waals surface area contributed by atoms with Crippen molar-refractivity contribution in [2.45, 2.75) is 126 Å². The molecule has 14 nitrogen and oxygen atoms in total. The summed E-state index contributed by atoms with van der Waals surface area (Å²) in [5.41, 5.74) is -1.52. The third-order valence-electron chi connectivity index (χ3n) is 12.9. The number of allylic oxidation sites excluding steroid dienone is 1. The first-order valence-corrected chi connectivity index (χ1v) is 22.9. The Morgan fingerprint density at radius 3 is 2.55 bits per heavy atom. The Labute approximate surface area is 344 Å². The van der Waals surface area contributed by atoms with Gasteiger partial charge >= 0.3 is 6.09 Å². The van der Waals surface area contributed by atoms with Crippen molar-refractivity contribution in [1.29, 1.82) is 0 Å². The number of hydrogen-bond acceptors (Lipinski definition) is 10. The van der Waals surface area contributed by atoms with Crippen LogP contribution in [0.1, 0.15) is 91.4 Å². The highest BCUT2D eigenvalue weighted by atomic mass is 35.5. The molecule has 8 rings (SSSR count). The fourth-order valence-corrected chi connectivity index (χ4v) is 10.9. The van der Waals surface area contributed by atoms with Gasteiger partial charge in [-0.15, -0.1) is 0 Å². The maximum absolute atomic E-state index is 15.0. The maximum atomic E-state index is 15.0. The highest BCUT2D eigenvalue weighted by Crippen LogP contribution is 2.52. The van der Waals surface area contributed by atoms with Crippen LogP contribution in [-0.4, -0.2) is 90.3 Å². The van der Waals surface area contributed by atoms with E-state index in [4.69, 9.17) is 25.8 Å². The summed E-state index contributed by atoms with van der Waals surface area (Å²) in [6.45, 7) is 6.38. The van der Waals surface area contributed by atoms with Crippen LogP contribution in [0.5, 0.6) is 11.8 Å². The van der Waals surface area contributed by atoms with Gasteiger partial charge in [-0.05, 0) is 100 Å². The average molecular weight is 840 g/mol. The molecule has 4 aliphatic carbocycles. The summed E-state index contributed by atoms with van der Waals surface area (Å²) in [7, 11) is -3.91. The van der Waals surface area contributed by atoms with Crippen molar-refractivity contribution < 1.29 is 41.8 Å². The van der Waals surface area contributed by atoms with E-state index < -0.39 is 68.7 Å². The predicted octanol–water partition coefficient (Wildman–Crippen LogP) is 5.41. The minimum Gasteiger partial charge on any atom is -0.478 e. The Kier molecular flexibility index (Phi) is 11.3. The number of benzene rings is 1. The molecule has 3 heterocycles. The van der Waals surface area contributed by atoms with E-state index in [0.29, 0.717) is 65.8 Å². The monoisotopic (exact) mass is 839 g/mol. The van der Waals surface area contributed by atoms with Crippen LogP contribution in [0.15, 0.2) is 36.4 Å². The van der Waals surface area contributed by atoms with E-state index in [0.717, 1.165) is 25.7 Å². The summed E-state index contributed by atoms with van der Waals surface area (Å²) < 4.78 is 46.4. The number of sulfonamides is 1. The van der Waals surface area contributed by atoms with E-state index in [-0.39, 0.29) is 43.2 Å². The van der Waals surface area contributed by atoms with Crippen molar-refractivity contribution in [3.63, 3.8) is 0 Å². The smallest absolute Gasteiger partial charge is 0.408 e. The van der Waals surface area contributed by atoms with Gasteiger partial charge in [-0.2, -0.15) is 4.98 Å². The molecule has 4 amide bonds. The molecular weight excluding hydrogens is 786 g/mol. The van der Waals surface area contributed by atoms with Crippen molar-refractivity contribution in [2.75, 3.05) is 13.2 Å². The van der Waals surface area contributed by atoms with Gasteiger partial charge in [-0.1, -0.05) is 50.6 Å². The van der Waals surface area contributed by atoms with Gasteiger partial charge in [-0.25, -0.2) is 13.2 Å². The molecule has 2 aliphatic heterocycles. The predicted molar refractivity (Wildman–Crippen MR) is 215 cm³/mol. The molecule has 1 aromatic carbocycles. The first-order chi connectivity index (χ1) is 27.7. The quantitative estimate of drug-likeness (QED) is 0.262. The van der Waals surface area contributed by atoms with Crippen molar-refractivity contribution in [2.24, 2.45) is 29.6 Å². The second kappa shape index (κ2) is 16.2. The standard InChI is InChI=1S/C42H54ClN5O9S/c1-4-14-55-35-20-32-31(10-7-11-33(32)43)38(44-35)56-29-19-34-37(49)46-42(40(51)47-58(53,54)30-12-13-30)21-27(42)9-6-5-8-23(2)15-24(3)36(39(50)48(34)22-29)45-41(52)57-28-17-25-16-26(25)18-28/h6-7,9-11,20,23-30,34,36H,4-5,8,12-19,21-22H2,1-3H3,(H,45,52)(H,46,49)(H,47,51)/b9-6-/t23-,24+,25-,26+,27+,28?,29+,34-,36-,42+/m0/s1. The average Bonchev–Trinajstić information content (AvgIpc) is 4.14. The molecule has 314 valence electrons.